The Labute approximate surface area is 112 Å². The highest BCUT2D eigenvalue weighted by Gasteiger charge is 2.35. The molecule has 0 atom stereocenters. The summed E-state index contributed by atoms with van der Waals surface area (Å²) in [6.45, 7) is 0. The third-order valence-corrected chi connectivity index (χ3v) is 4.61. The maximum Gasteiger partial charge on any atom is 0.337 e. The van der Waals surface area contributed by atoms with E-state index < -0.39 is 16.0 Å². The van der Waals surface area contributed by atoms with Gasteiger partial charge in [0.1, 0.15) is 0 Å². The lowest BCUT2D eigenvalue weighted by Gasteiger charge is -2.09. The minimum Gasteiger partial charge on any atom is -0.465 e. The first-order valence-corrected chi connectivity index (χ1v) is 7.22. The summed E-state index contributed by atoms with van der Waals surface area (Å²) >= 11 is 0. The second kappa shape index (κ2) is 4.94. The fraction of sp³-hybridized carbons (Fsp3) is 0.308. The van der Waals surface area contributed by atoms with E-state index in [0.717, 1.165) is 0 Å². The number of anilines is 1. The summed E-state index contributed by atoms with van der Waals surface area (Å²) in [5.41, 5.74) is 0.908. The maximum atomic E-state index is 11.8. The lowest BCUT2D eigenvalue weighted by molar-refractivity contribution is 0.0600. The van der Waals surface area contributed by atoms with Crippen LogP contribution in [0, 0.1) is 12.3 Å². The zero-order chi connectivity index (χ0) is 14.0. The van der Waals surface area contributed by atoms with Crippen LogP contribution in [0.25, 0.3) is 0 Å². The van der Waals surface area contributed by atoms with Crippen molar-refractivity contribution in [3.05, 3.63) is 29.3 Å². The quantitative estimate of drug-likeness (QED) is 0.667. The van der Waals surface area contributed by atoms with Crippen LogP contribution in [0.2, 0.25) is 0 Å². The Morgan fingerprint density at radius 3 is 2.63 bits per heavy atom. The van der Waals surface area contributed by atoms with Crippen molar-refractivity contribution in [2.45, 2.75) is 18.1 Å². The molecule has 0 radical (unpaired) electrons. The number of esters is 1. The molecule has 0 aromatic heterocycles. The Bertz CT molecular complexity index is 654. The molecule has 0 bridgehead atoms. The SMILES string of the molecule is C#Cc1cc(NS(=O)(=O)C2CC2)cc(C(=O)OC)c1. The first-order chi connectivity index (χ1) is 8.96. The molecule has 1 aromatic rings. The van der Waals surface area contributed by atoms with Crippen molar-refractivity contribution >= 4 is 21.7 Å². The minimum atomic E-state index is -3.39. The standard InChI is InChI=1S/C13H13NO4S/c1-3-9-6-10(13(15)18-2)8-11(7-9)14-19(16,17)12-4-5-12/h1,6-8,12,14H,4-5H2,2H3. The summed E-state index contributed by atoms with van der Waals surface area (Å²) in [6, 6.07) is 4.39. The third kappa shape index (κ3) is 3.06. The number of ether oxygens (including phenoxy) is 1. The Morgan fingerprint density at radius 2 is 2.11 bits per heavy atom. The van der Waals surface area contributed by atoms with Crippen LogP contribution in [0.15, 0.2) is 18.2 Å². The Kier molecular flexibility index (Phi) is 3.49. The molecular weight excluding hydrogens is 266 g/mol. The summed E-state index contributed by atoms with van der Waals surface area (Å²) < 4.78 is 30.7. The monoisotopic (exact) mass is 279 g/mol. The second-order valence-electron chi connectivity index (χ2n) is 4.28. The first-order valence-electron chi connectivity index (χ1n) is 5.68. The molecule has 0 saturated heterocycles. The van der Waals surface area contributed by atoms with Crippen molar-refractivity contribution < 1.29 is 17.9 Å². The lowest BCUT2D eigenvalue weighted by atomic mass is 10.1. The van der Waals surface area contributed by atoms with Gasteiger partial charge in [-0.1, -0.05) is 5.92 Å². The number of terminal acetylenes is 1. The number of rotatable bonds is 4. The average molecular weight is 279 g/mol. The molecule has 1 saturated carbocycles. The van der Waals surface area contributed by atoms with Crippen molar-refractivity contribution in [1.82, 2.24) is 0 Å². The van der Waals surface area contributed by atoms with Gasteiger partial charge in [-0.15, -0.1) is 6.42 Å². The van der Waals surface area contributed by atoms with E-state index in [4.69, 9.17) is 6.42 Å². The molecule has 5 nitrogen and oxygen atoms in total. The number of hydrogen-bond donors (Lipinski definition) is 1. The molecule has 1 fully saturated rings. The van der Waals surface area contributed by atoms with Gasteiger partial charge < -0.3 is 4.74 Å². The van der Waals surface area contributed by atoms with Gasteiger partial charge >= 0.3 is 5.97 Å². The molecule has 1 aliphatic carbocycles. The molecule has 1 N–H and O–H groups in total. The van der Waals surface area contributed by atoms with Gasteiger partial charge in [0.2, 0.25) is 10.0 Å². The number of sulfonamides is 1. The highest BCUT2D eigenvalue weighted by molar-refractivity contribution is 7.93. The predicted octanol–water partition coefficient (Wildman–Crippen LogP) is 1.36. The van der Waals surface area contributed by atoms with E-state index in [1.807, 2.05) is 0 Å². The van der Waals surface area contributed by atoms with E-state index in [-0.39, 0.29) is 16.5 Å². The maximum absolute atomic E-state index is 11.8. The van der Waals surface area contributed by atoms with Gasteiger partial charge in [0, 0.05) is 5.56 Å². The Hall–Kier alpha value is -2.00. The van der Waals surface area contributed by atoms with Crippen molar-refractivity contribution in [2.75, 3.05) is 11.8 Å². The van der Waals surface area contributed by atoms with Gasteiger partial charge in [-0.3, -0.25) is 4.72 Å². The molecule has 1 aromatic carbocycles. The zero-order valence-corrected chi connectivity index (χ0v) is 11.2. The summed E-state index contributed by atoms with van der Waals surface area (Å²) in [5, 5.41) is -0.344. The summed E-state index contributed by atoms with van der Waals surface area (Å²) in [7, 11) is -2.14. The van der Waals surface area contributed by atoms with Crippen LogP contribution in [0.3, 0.4) is 0 Å². The van der Waals surface area contributed by atoms with E-state index in [1.165, 1.54) is 25.3 Å². The van der Waals surface area contributed by atoms with Crippen molar-refractivity contribution in [1.29, 1.82) is 0 Å². The number of carbonyl (C=O) groups is 1. The highest BCUT2D eigenvalue weighted by Crippen LogP contribution is 2.30. The molecule has 2 rings (SSSR count). The van der Waals surface area contributed by atoms with Crippen LogP contribution in [-0.4, -0.2) is 26.7 Å². The van der Waals surface area contributed by atoms with Gasteiger partial charge in [-0.05, 0) is 31.0 Å². The van der Waals surface area contributed by atoms with Crippen molar-refractivity contribution in [3.8, 4) is 12.3 Å². The first kappa shape index (κ1) is 13.4. The molecule has 0 unspecified atom stereocenters. The fourth-order valence-corrected chi connectivity index (χ4v) is 3.00. The lowest BCUT2D eigenvalue weighted by Crippen LogP contribution is -2.17. The largest absolute Gasteiger partial charge is 0.465 e. The molecule has 6 heteroatoms. The van der Waals surface area contributed by atoms with Crippen LogP contribution in [-0.2, 0) is 14.8 Å². The zero-order valence-electron chi connectivity index (χ0n) is 10.3. The Morgan fingerprint density at radius 1 is 1.42 bits per heavy atom. The number of nitrogens with one attached hydrogen (secondary N) is 1. The topological polar surface area (TPSA) is 72.5 Å². The average Bonchev–Trinajstić information content (AvgIpc) is 3.21. The van der Waals surface area contributed by atoms with E-state index in [1.54, 1.807) is 0 Å². The highest BCUT2D eigenvalue weighted by atomic mass is 32.2. The van der Waals surface area contributed by atoms with Gasteiger partial charge in [0.25, 0.3) is 0 Å². The van der Waals surface area contributed by atoms with Crippen LogP contribution in [0.5, 0.6) is 0 Å². The number of benzene rings is 1. The molecule has 0 aliphatic heterocycles. The van der Waals surface area contributed by atoms with E-state index in [2.05, 4.69) is 15.4 Å². The van der Waals surface area contributed by atoms with Gasteiger partial charge in [-0.25, -0.2) is 13.2 Å². The number of methoxy groups -OCH3 is 1. The molecule has 100 valence electrons. The minimum absolute atomic E-state index is 0.214. The molecule has 0 amide bonds. The second-order valence-corrected chi connectivity index (χ2v) is 6.24. The van der Waals surface area contributed by atoms with Crippen LogP contribution in [0.4, 0.5) is 5.69 Å². The smallest absolute Gasteiger partial charge is 0.337 e. The van der Waals surface area contributed by atoms with Crippen LogP contribution in [0.1, 0.15) is 28.8 Å². The predicted molar refractivity (Wildman–Crippen MR) is 71.3 cm³/mol. The molecule has 1 aliphatic rings. The molecular formula is C13H13NO4S. The van der Waals surface area contributed by atoms with E-state index in [0.29, 0.717) is 18.4 Å². The summed E-state index contributed by atoms with van der Waals surface area (Å²) in [6.07, 6.45) is 6.61. The molecule has 0 spiro atoms. The number of carbonyl (C=O) groups excluding carboxylic acids is 1. The van der Waals surface area contributed by atoms with Crippen LogP contribution < -0.4 is 4.72 Å². The normalized spacial score (nSPS) is 14.5. The molecule has 19 heavy (non-hydrogen) atoms. The van der Waals surface area contributed by atoms with Crippen LogP contribution >= 0.6 is 0 Å². The third-order valence-electron chi connectivity index (χ3n) is 2.74. The van der Waals surface area contributed by atoms with E-state index in [9.17, 15) is 13.2 Å². The summed E-state index contributed by atoms with van der Waals surface area (Å²) in [5.74, 6) is 1.81. The fourth-order valence-electron chi connectivity index (χ4n) is 1.63. The van der Waals surface area contributed by atoms with Crippen molar-refractivity contribution in [2.24, 2.45) is 0 Å². The van der Waals surface area contributed by atoms with Crippen molar-refractivity contribution in [3.63, 3.8) is 0 Å². The van der Waals surface area contributed by atoms with E-state index >= 15 is 0 Å². The molecule has 0 heterocycles. The van der Waals surface area contributed by atoms with Gasteiger partial charge in [0.05, 0.1) is 23.6 Å². The number of hydrogen-bond acceptors (Lipinski definition) is 4. The van der Waals surface area contributed by atoms with Gasteiger partial charge in [-0.2, -0.15) is 0 Å². The Balaban J connectivity index is 2.35. The summed E-state index contributed by atoms with van der Waals surface area (Å²) in [4.78, 5) is 11.5. The van der Waals surface area contributed by atoms with Gasteiger partial charge in [0.15, 0.2) is 0 Å².